The van der Waals surface area contributed by atoms with Crippen molar-refractivity contribution in [2.24, 2.45) is 0 Å². The van der Waals surface area contributed by atoms with Crippen LogP contribution < -0.4 is 4.74 Å². The van der Waals surface area contributed by atoms with Gasteiger partial charge in [0.05, 0.1) is 18.6 Å². The summed E-state index contributed by atoms with van der Waals surface area (Å²) in [5.74, 6) is 0.500. The molecule has 0 radical (unpaired) electrons. The number of hydrogen-bond donors (Lipinski definition) is 1. The SMILES string of the molecule is CCN(C1CCCC1)S(=O)(=O)c1ccc(OC)c(CO)c1. The van der Waals surface area contributed by atoms with Gasteiger partial charge >= 0.3 is 0 Å². The second-order valence-corrected chi connectivity index (χ2v) is 7.17. The van der Waals surface area contributed by atoms with Crippen molar-refractivity contribution >= 4 is 10.0 Å². The Morgan fingerprint density at radius 2 is 2.00 bits per heavy atom. The Morgan fingerprint density at radius 1 is 1.33 bits per heavy atom. The van der Waals surface area contributed by atoms with E-state index >= 15 is 0 Å². The van der Waals surface area contributed by atoms with Crippen LogP contribution in [0.5, 0.6) is 5.75 Å². The van der Waals surface area contributed by atoms with Crippen molar-refractivity contribution < 1.29 is 18.3 Å². The summed E-state index contributed by atoms with van der Waals surface area (Å²) in [6.07, 6.45) is 4.02. The van der Waals surface area contributed by atoms with E-state index in [0.29, 0.717) is 17.9 Å². The molecular weight excluding hydrogens is 290 g/mol. The maximum absolute atomic E-state index is 12.8. The first-order valence-corrected chi connectivity index (χ1v) is 8.78. The zero-order valence-electron chi connectivity index (χ0n) is 12.6. The molecule has 0 heterocycles. The summed E-state index contributed by atoms with van der Waals surface area (Å²) in [4.78, 5) is 0.223. The number of sulfonamides is 1. The Balaban J connectivity index is 2.37. The van der Waals surface area contributed by atoms with Gasteiger partial charge in [-0.3, -0.25) is 0 Å². The van der Waals surface area contributed by atoms with Crippen LogP contribution >= 0.6 is 0 Å². The van der Waals surface area contributed by atoms with E-state index in [1.807, 2.05) is 6.92 Å². The van der Waals surface area contributed by atoms with E-state index in [1.165, 1.54) is 13.2 Å². The van der Waals surface area contributed by atoms with Crippen molar-refractivity contribution in [1.82, 2.24) is 4.31 Å². The summed E-state index contributed by atoms with van der Waals surface area (Å²) >= 11 is 0. The number of benzene rings is 1. The van der Waals surface area contributed by atoms with Gasteiger partial charge in [0.25, 0.3) is 0 Å². The number of aliphatic hydroxyl groups excluding tert-OH is 1. The molecule has 0 amide bonds. The first-order chi connectivity index (χ1) is 10.0. The molecule has 1 fully saturated rings. The number of hydrogen-bond acceptors (Lipinski definition) is 4. The molecule has 0 spiro atoms. The zero-order chi connectivity index (χ0) is 15.5. The number of rotatable bonds is 6. The predicted octanol–water partition coefficient (Wildman–Crippen LogP) is 2.14. The highest BCUT2D eigenvalue weighted by Gasteiger charge is 2.32. The Bertz CT molecular complexity index is 579. The number of ether oxygens (including phenoxy) is 1. The van der Waals surface area contributed by atoms with Gasteiger partial charge in [0.1, 0.15) is 5.75 Å². The van der Waals surface area contributed by atoms with Crippen molar-refractivity contribution in [2.45, 2.75) is 50.2 Å². The molecule has 5 nitrogen and oxygen atoms in total. The van der Waals surface area contributed by atoms with Gasteiger partial charge in [-0.05, 0) is 31.0 Å². The van der Waals surface area contributed by atoms with E-state index in [0.717, 1.165) is 25.7 Å². The van der Waals surface area contributed by atoms with Crippen LogP contribution in [0.15, 0.2) is 23.1 Å². The van der Waals surface area contributed by atoms with E-state index in [4.69, 9.17) is 4.74 Å². The van der Waals surface area contributed by atoms with Crippen molar-refractivity contribution in [1.29, 1.82) is 0 Å². The van der Waals surface area contributed by atoms with Crippen LogP contribution in [0.3, 0.4) is 0 Å². The monoisotopic (exact) mass is 313 g/mol. The first-order valence-electron chi connectivity index (χ1n) is 7.34. The van der Waals surface area contributed by atoms with Gasteiger partial charge in [-0.2, -0.15) is 4.31 Å². The standard InChI is InChI=1S/C15H23NO4S/c1-3-16(13-6-4-5-7-13)21(18,19)14-8-9-15(20-2)12(10-14)11-17/h8-10,13,17H,3-7,11H2,1-2H3. The molecular formula is C15H23NO4S. The van der Waals surface area contributed by atoms with Crippen molar-refractivity contribution in [3.8, 4) is 5.75 Å². The highest BCUT2D eigenvalue weighted by Crippen LogP contribution is 2.30. The molecule has 21 heavy (non-hydrogen) atoms. The summed E-state index contributed by atoms with van der Waals surface area (Å²) in [5.41, 5.74) is 0.487. The van der Waals surface area contributed by atoms with Crippen LogP contribution in [0.1, 0.15) is 38.2 Å². The molecule has 0 aromatic heterocycles. The second-order valence-electron chi connectivity index (χ2n) is 5.28. The van der Waals surface area contributed by atoms with Crippen molar-refractivity contribution in [2.75, 3.05) is 13.7 Å². The minimum Gasteiger partial charge on any atom is -0.496 e. The maximum atomic E-state index is 12.8. The predicted molar refractivity (Wildman–Crippen MR) is 80.7 cm³/mol. The molecule has 0 atom stereocenters. The normalized spacial score (nSPS) is 16.6. The minimum atomic E-state index is -3.53. The highest BCUT2D eigenvalue weighted by molar-refractivity contribution is 7.89. The lowest BCUT2D eigenvalue weighted by Gasteiger charge is -2.27. The smallest absolute Gasteiger partial charge is 0.243 e. The van der Waals surface area contributed by atoms with E-state index in [2.05, 4.69) is 0 Å². The average Bonchev–Trinajstić information content (AvgIpc) is 3.00. The molecule has 0 aliphatic heterocycles. The Morgan fingerprint density at radius 3 is 2.52 bits per heavy atom. The molecule has 0 bridgehead atoms. The fourth-order valence-electron chi connectivity index (χ4n) is 2.99. The lowest BCUT2D eigenvalue weighted by molar-refractivity contribution is 0.273. The van der Waals surface area contributed by atoms with Crippen LogP contribution in [0.25, 0.3) is 0 Å². The van der Waals surface area contributed by atoms with E-state index in [-0.39, 0.29) is 17.5 Å². The number of aliphatic hydroxyl groups is 1. The van der Waals surface area contributed by atoms with Gasteiger partial charge in [0.15, 0.2) is 0 Å². The van der Waals surface area contributed by atoms with Crippen molar-refractivity contribution in [3.05, 3.63) is 23.8 Å². The highest BCUT2D eigenvalue weighted by atomic mass is 32.2. The van der Waals surface area contributed by atoms with Gasteiger partial charge in [-0.1, -0.05) is 19.8 Å². The molecule has 1 aliphatic rings. The molecule has 1 N–H and O–H groups in total. The minimum absolute atomic E-state index is 0.0969. The third kappa shape index (κ3) is 3.22. The van der Waals surface area contributed by atoms with Crippen LogP contribution in [0.2, 0.25) is 0 Å². The third-order valence-electron chi connectivity index (χ3n) is 4.07. The van der Waals surface area contributed by atoms with Crippen LogP contribution in [0.4, 0.5) is 0 Å². The van der Waals surface area contributed by atoms with E-state index in [1.54, 1.807) is 16.4 Å². The maximum Gasteiger partial charge on any atom is 0.243 e. The Kier molecular flexibility index (Phi) is 5.24. The second kappa shape index (κ2) is 6.77. The summed E-state index contributed by atoms with van der Waals surface area (Å²) in [6, 6.07) is 4.75. The number of nitrogens with zero attached hydrogens (tertiary/aromatic N) is 1. The number of methoxy groups -OCH3 is 1. The van der Waals surface area contributed by atoms with Gasteiger partial charge in [0, 0.05) is 18.2 Å². The zero-order valence-corrected chi connectivity index (χ0v) is 13.4. The third-order valence-corrected chi connectivity index (χ3v) is 6.10. The summed E-state index contributed by atoms with van der Waals surface area (Å²) in [7, 11) is -2.03. The van der Waals surface area contributed by atoms with Crippen LogP contribution in [-0.2, 0) is 16.6 Å². The summed E-state index contributed by atoms with van der Waals surface area (Å²) < 4.78 is 32.4. The first kappa shape index (κ1) is 16.3. The van der Waals surface area contributed by atoms with Gasteiger partial charge < -0.3 is 9.84 Å². The van der Waals surface area contributed by atoms with Gasteiger partial charge in [0.2, 0.25) is 10.0 Å². The molecule has 0 saturated heterocycles. The molecule has 1 aromatic carbocycles. The van der Waals surface area contributed by atoms with Crippen LogP contribution in [0, 0.1) is 0 Å². The lowest BCUT2D eigenvalue weighted by atomic mass is 10.2. The fourth-order valence-corrected chi connectivity index (χ4v) is 4.74. The lowest BCUT2D eigenvalue weighted by Crippen LogP contribution is -2.38. The van der Waals surface area contributed by atoms with Gasteiger partial charge in [-0.25, -0.2) is 8.42 Å². The molecule has 1 aliphatic carbocycles. The molecule has 2 rings (SSSR count). The summed E-state index contributed by atoms with van der Waals surface area (Å²) in [5, 5.41) is 9.36. The molecule has 1 aromatic rings. The average molecular weight is 313 g/mol. The molecule has 6 heteroatoms. The molecule has 118 valence electrons. The fraction of sp³-hybridized carbons (Fsp3) is 0.600. The molecule has 1 saturated carbocycles. The van der Waals surface area contributed by atoms with E-state index in [9.17, 15) is 13.5 Å². The largest absolute Gasteiger partial charge is 0.496 e. The quantitative estimate of drug-likeness (QED) is 0.874. The van der Waals surface area contributed by atoms with E-state index < -0.39 is 10.0 Å². The Labute approximate surface area is 126 Å². The van der Waals surface area contributed by atoms with Crippen molar-refractivity contribution in [3.63, 3.8) is 0 Å². The topological polar surface area (TPSA) is 66.8 Å². The van der Waals surface area contributed by atoms with Gasteiger partial charge in [-0.15, -0.1) is 0 Å². The van der Waals surface area contributed by atoms with Crippen LogP contribution in [-0.4, -0.2) is 37.5 Å². The summed E-state index contributed by atoms with van der Waals surface area (Å²) in [6.45, 7) is 2.09. The Hall–Kier alpha value is -1.11. The molecule has 0 unspecified atom stereocenters.